The number of carbonyl (C=O) groups excluding carboxylic acids is 2. The van der Waals surface area contributed by atoms with Crippen LogP contribution in [0.2, 0.25) is 0 Å². The van der Waals surface area contributed by atoms with E-state index in [0.29, 0.717) is 19.4 Å². The molecule has 3 aliphatic rings. The zero-order valence-corrected chi connectivity index (χ0v) is 20.0. The number of likely N-dealkylation sites (N-methyl/N-ethyl adjacent to an activating group) is 1. The summed E-state index contributed by atoms with van der Waals surface area (Å²) in [7, 11) is 1.62. The van der Waals surface area contributed by atoms with E-state index in [2.05, 4.69) is 29.6 Å². The van der Waals surface area contributed by atoms with Crippen molar-refractivity contribution in [1.29, 1.82) is 0 Å². The highest BCUT2D eigenvalue weighted by atomic mass is 16.5. The number of rotatable bonds is 7. The summed E-state index contributed by atoms with van der Waals surface area (Å²) in [5.74, 6) is -1.34. The normalized spacial score (nSPS) is 22.0. The van der Waals surface area contributed by atoms with E-state index in [0.717, 1.165) is 36.8 Å². The molecule has 0 aromatic heterocycles. The molecule has 2 unspecified atom stereocenters. The molecule has 184 valence electrons. The van der Waals surface area contributed by atoms with Crippen molar-refractivity contribution in [3.63, 3.8) is 0 Å². The minimum absolute atomic E-state index is 0.00251. The Bertz CT molecular complexity index is 1100. The minimum atomic E-state index is -1.07. The number of alkyl carbamates (subject to hydrolysis) is 1. The number of carbonyl (C=O) groups is 3. The maximum Gasteiger partial charge on any atom is 0.407 e. The van der Waals surface area contributed by atoms with Crippen LogP contribution in [0.1, 0.15) is 55.6 Å². The number of nitrogens with one attached hydrogen (secondary N) is 1. The fourth-order valence-electron chi connectivity index (χ4n) is 6.13. The Kier molecular flexibility index (Phi) is 6.26. The Balaban J connectivity index is 1.17. The van der Waals surface area contributed by atoms with Gasteiger partial charge in [-0.2, -0.15) is 0 Å². The third-order valence-electron chi connectivity index (χ3n) is 8.38. The van der Waals surface area contributed by atoms with Crippen molar-refractivity contribution in [2.45, 2.75) is 50.0 Å². The van der Waals surface area contributed by atoms with E-state index in [-0.39, 0.29) is 30.3 Å². The second-order valence-electron chi connectivity index (χ2n) is 10.1. The molecule has 2 saturated carbocycles. The highest BCUT2D eigenvalue weighted by molar-refractivity contribution is 5.89. The topological polar surface area (TPSA) is 95.9 Å². The van der Waals surface area contributed by atoms with Crippen LogP contribution in [0.25, 0.3) is 11.1 Å². The van der Waals surface area contributed by atoms with E-state index in [4.69, 9.17) is 4.74 Å². The molecule has 7 nitrogen and oxygen atoms in total. The van der Waals surface area contributed by atoms with Crippen molar-refractivity contribution < 1.29 is 24.2 Å². The molecule has 2 aromatic rings. The first-order chi connectivity index (χ1) is 16.9. The number of benzene rings is 2. The highest BCUT2D eigenvalue weighted by Crippen LogP contribution is 2.44. The molecule has 0 saturated heterocycles. The molecule has 35 heavy (non-hydrogen) atoms. The first-order valence-electron chi connectivity index (χ1n) is 12.5. The largest absolute Gasteiger partial charge is 0.479 e. The van der Waals surface area contributed by atoms with E-state index < -0.39 is 17.6 Å². The lowest BCUT2D eigenvalue weighted by Crippen LogP contribution is -2.61. The molecule has 0 spiro atoms. The molecule has 2 fully saturated rings. The average molecular weight is 477 g/mol. The van der Waals surface area contributed by atoms with Crippen molar-refractivity contribution >= 4 is 18.0 Å². The van der Waals surface area contributed by atoms with Gasteiger partial charge in [0.05, 0.1) is 0 Å². The van der Waals surface area contributed by atoms with Gasteiger partial charge in [0.25, 0.3) is 0 Å². The van der Waals surface area contributed by atoms with Crippen LogP contribution in [0, 0.1) is 11.8 Å². The number of carboxylic acids is 1. The van der Waals surface area contributed by atoms with Crippen molar-refractivity contribution in [2.75, 3.05) is 20.2 Å². The van der Waals surface area contributed by atoms with Crippen LogP contribution >= 0.6 is 0 Å². The molecule has 2 amide bonds. The number of fused-ring (bicyclic) bond motifs is 3. The Hall–Kier alpha value is -3.35. The van der Waals surface area contributed by atoms with Crippen LogP contribution in [0.5, 0.6) is 0 Å². The molecule has 0 heterocycles. The number of hydrogen-bond donors (Lipinski definition) is 2. The van der Waals surface area contributed by atoms with Crippen LogP contribution in [-0.4, -0.2) is 53.7 Å². The van der Waals surface area contributed by atoms with Gasteiger partial charge in [-0.3, -0.25) is 4.79 Å². The van der Waals surface area contributed by atoms with Gasteiger partial charge in [0.2, 0.25) is 5.91 Å². The summed E-state index contributed by atoms with van der Waals surface area (Å²) >= 11 is 0. The Labute approximate surface area is 205 Å². The van der Waals surface area contributed by atoms with Gasteiger partial charge in [-0.1, -0.05) is 55.0 Å². The molecule has 7 heteroatoms. The van der Waals surface area contributed by atoms with Crippen LogP contribution < -0.4 is 5.32 Å². The number of ether oxygens (including phenoxy) is 1. The maximum atomic E-state index is 13.2. The summed E-state index contributed by atoms with van der Waals surface area (Å²) in [5, 5.41) is 12.6. The molecule has 0 bridgehead atoms. The summed E-state index contributed by atoms with van der Waals surface area (Å²) in [4.78, 5) is 39.1. The van der Waals surface area contributed by atoms with Gasteiger partial charge >= 0.3 is 12.1 Å². The van der Waals surface area contributed by atoms with Crippen LogP contribution in [-0.2, 0) is 14.3 Å². The molecule has 2 atom stereocenters. The Morgan fingerprint density at radius 3 is 2.20 bits per heavy atom. The third-order valence-corrected chi connectivity index (χ3v) is 8.38. The van der Waals surface area contributed by atoms with Gasteiger partial charge in [-0.15, -0.1) is 0 Å². The summed E-state index contributed by atoms with van der Waals surface area (Å²) in [5.41, 5.74) is 3.62. The predicted octanol–water partition coefficient (Wildman–Crippen LogP) is 4.41. The summed E-state index contributed by atoms with van der Waals surface area (Å²) in [6, 6.07) is 16.4. The monoisotopic (exact) mass is 476 g/mol. The van der Waals surface area contributed by atoms with E-state index in [9.17, 15) is 19.5 Å². The van der Waals surface area contributed by atoms with E-state index >= 15 is 0 Å². The fraction of sp³-hybridized carbons (Fsp3) is 0.464. The third kappa shape index (κ3) is 4.07. The predicted molar refractivity (Wildman–Crippen MR) is 131 cm³/mol. The second kappa shape index (κ2) is 9.36. The van der Waals surface area contributed by atoms with Crippen LogP contribution in [0.15, 0.2) is 48.5 Å². The second-order valence-corrected chi connectivity index (χ2v) is 10.1. The van der Waals surface area contributed by atoms with Gasteiger partial charge in [-0.25, -0.2) is 9.59 Å². The first-order valence-corrected chi connectivity index (χ1v) is 12.5. The SMILES string of the molecule is CN(C(=O)C1CCCC1CNC(=O)OCC1c2ccccc2-c2ccccc21)C1(C(=O)O)CCC1. The number of carboxylic acid groups (broad SMARTS) is 1. The lowest BCUT2D eigenvalue weighted by molar-refractivity contribution is -0.166. The van der Waals surface area contributed by atoms with Gasteiger partial charge < -0.3 is 20.1 Å². The van der Waals surface area contributed by atoms with Gasteiger partial charge in [0.1, 0.15) is 12.1 Å². The van der Waals surface area contributed by atoms with Gasteiger partial charge in [-0.05, 0) is 60.3 Å². The molecule has 2 aromatic carbocycles. The quantitative estimate of drug-likeness (QED) is 0.617. The van der Waals surface area contributed by atoms with E-state index in [1.807, 2.05) is 24.3 Å². The summed E-state index contributed by atoms with van der Waals surface area (Å²) in [6.45, 7) is 0.595. The van der Waals surface area contributed by atoms with Crippen LogP contribution in [0.3, 0.4) is 0 Å². The smallest absolute Gasteiger partial charge is 0.407 e. The number of amides is 2. The van der Waals surface area contributed by atoms with Crippen molar-refractivity contribution in [3.05, 3.63) is 59.7 Å². The summed E-state index contributed by atoms with van der Waals surface area (Å²) in [6.07, 6.45) is 3.77. The lowest BCUT2D eigenvalue weighted by atomic mass is 9.74. The van der Waals surface area contributed by atoms with Gasteiger partial charge in [0.15, 0.2) is 0 Å². The molecule has 2 N–H and O–H groups in total. The molecule has 5 rings (SSSR count). The standard InChI is InChI=1S/C28H32N2O5/c1-30(28(26(32)33)14-7-15-28)25(31)19-13-6-8-18(19)16-29-27(34)35-17-24-22-11-4-2-9-20(22)21-10-3-5-12-23(21)24/h2-5,9-12,18-19,24H,6-8,13-17H2,1H3,(H,29,34)(H,32,33). The zero-order valence-electron chi connectivity index (χ0n) is 20.0. The number of nitrogens with zero attached hydrogens (tertiary/aromatic N) is 1. The molecule has 3 aliphatic carbocycles. The molecule has 0 radical (unpaired) electrons. The van der Waals surface area contributed by atoms with Gasteiger partial charge in [0, 0.05) is 25.4 Å². The van der Waals surface area contributed by atoms with E-state index in [1.54, 1.807) is 7.05 Å². The van der Waals surface area contributed by atoms with E-state index in [1.165, 1.54) is 16.0 Å². The maximum absolute atomic E-state index is 13.2. The van der Waals surface area contributed by atoms with Crippen molar-refractivity contribution in [1.82, 2.24) is 10.2 Å². The molecule has 0 aliphatic heterocycles. The van der Waals surface area contributed by atoms with Crippen LogP contribution in [0.4, 0.5) is 4.79 Å². The highest BCUT2D eigenvalue weighted by Gasteiger charge is 2.51. The average Bonchev–Trinajstić information content (AvgIpc) is 3.42. The van der Waals surface area contributed by atoms with Crippen molar-refractivity contribution in [2.24, 2.45) is 11.8 Å². The van der Waals surface area contributed by atoms with Crippen molar-refractivity contribution in [3.8, 4) is 11.1 Å². The minimum Gasteiger partial charge on any atom is -0.479 e. The zero-order chi connectivity index (χ0) is 24.6. The summed E-state index contributed by atoms with van der Waals surface area (Å²) < 4.78 is 5.63. The number of aliphatic carboxylic acids is 1. The molecular formula is C28H32N2O5. The fourth-order valence-corrected chi connectivity index (χ4v) is 6.13. The number of hydrogen-bond acceptors (Lipinski definition) is 4. The molecular weight excluding hydrogens is 444 g/mol. The first kappa shape index (κ1) is 23.4. The Morgan fingerprint density at radius 2 is 1.63 bits per heavy atom. The Morgan fingerprint density at radius 1 is 1.00 bits per heavy atom. The lowest BCUT2D eigenvalue weighted by Gasteiger charge is -2.46.